The highest BCUT2D eigenvalue weighted by Gasteiger charge is 2.09. The Morgan fingerprint density at radius 3 is 2.57 bits per heavy atom. The zero-order valence-electron chi connectivity index (χ0n) is 11.7. The number of carbonyl (C=O) groups is 1. The zero-order chi connectivity index (χ0) is 15.1. The third-order valence-corrected chi connectivity index (χ3v) is 2.70. The van der Waals surface area contributed by atoms with Crippen LogP contribution in [0.5, 0.6) is 11.5 Å². The van der Waals surface area contributed by atoms with Crippen molar-refractivity contribution >= 4 is 11.8 Å². The van der Waals surface area contributed by atoms with Gasteiger partial charge < -0.3 is 14.6 Å². The topological polar surface area (TPSA) is 67.8 Å². The van der Waals surface area contributed by atoms with Gasteiger partial charge >= 0.3 is 6.09 Å². The van der Waals surface area contributed by atoms with Gasteiger partial charge in [-0.1, -0.05) is 29.8 Å². The molecule has 5 nitrogen and oxygen atoms in total. The number of rotatable bonds is 5. The second-order valence-corrected chi connectivity index (χ2v) is 4.40. The van der Waals surface area contributed by atoms with Crippen LogP contribution in [0.1, 0.15) is 5.56 Å². The largest absolute Gasteiger partial charge is 0.455 e. The van der Waals surface area contributed by atoms with E-state index in [-0.39, 0.29) is 13.2 Å². The van der Waals surface area contributed by atoms with Gasteiger partial charge in [0, 0.05) is 0 Å². The summed E-state index contributed by atoms with van der Waals surface area (Å²) in [6.07, 6.45) is -0.635. The highest BCUT2D eigenvalue weighted by atomic mass is 16.6. The van der Waals surface area contributed by atoms with E-state index in [2.05, 4.69) is 5.32 Å². The van der Waals surface area contributed by atoms with Crippen LogP contribution in [-0.2, 0) is 4.74 Å². The number of ether oxygens (including phenoxy) is 2. The summed E-state index contributed by atoms with van der Waals surface area (Å²) < 4.78 is 10.5. The SMILES string of the molecule is Cc1ccc(Oc2ccccc2NC(=O)OCCO)cc1. The molecule has 0 spiro atoms. The summed E-state index contributed by atoms with van der Waals surface area (Å²) in [5.41, 5.74) is 1.64. The molecule has 0 saturated heterocycles. The van der Waals surface area contributed by atoms with Crippen molar-refractivity contribution in [2.24, 2.45) is 0 Å². The van der Waals surface area contributed by atoms with Crippen molar-refractivity contribution in [3.05, 3.63) is 54.1 Å². The van der Waals surface area contributed by atoms with Crippen molar-refractivity contribution in [2.45, 2.75) is 6.92 Å². The molecule has 2 rings (SSSR count). The van der Waals surface area contributed by atoms with Gasteiger partial charge in [0.15, 0.2) is 5.75 Å². The molecular formula is C16H17NO4. The van der Waals surface area contributed by atoms with Crippen molar-refractivity contribution in [2.75, 3.05) is 18.5 Å². The molecule has 110 valence electrons. The van der Waals surface area contributed by atoms with Gasteiger partial charge in [-0.3, -0.25) is 5.32 Å². The number of carbonyl (C=O) groups excluding carboxylic acids is 1. The van der Waals surface area contributed by atoms with Crippen LogP contribution >= 0.6 is 0 Å². The Labute approximate surface area is 123 Å². The zero-order valence-corrected chi connectivity index (χ0v) is 11.7. The first-order chi connectivity index (χ1) is 10.2. The Hall–Kier alpha value is -2.53. The maximum Gasteiger partial charge on any atom is 0.411 e. The maximum atomic E-state index is 11.5. The summed E-state index contributed by atoms with van der Waals surface area (Å²) in [7, 11) is 0. The lowest BCUT2D eigenvalue weighted by Crippen LogP contribution is -2.16. The van der Waals surface area contributed by atoms with E-state index in [9.17, 15) is 4.79 Å². The Balaban J connectivity index is 2.09. The predicted molar refractivity (Wildman–Crippen MR) is 79.8 cm³/mol. The molecule has 21 heavy (non-hydrogen) atoms. The summed E-state index contributed by atoms with van der Waals surface area (Å²) in [5.74, 6) is 1.20. The smallest absolute Gasteiger partial charge is 0.411 e. The van der Waals surface area contributed by atoms with Crippen LogP contribution in [0.25, 0.3) is 0 Å². The summed E-state index contributed by atoms with van der Waals surface area (Å²) in [6, 6.07) is 14.7. The molecule has 0 unspecified atom stereocenters. The highest BCUT2D eigenvalue weighted by molar-refractivity contribution is 5.86. The molecule has 0 atom stereocenters. The van der Waals surface area contributed by atoms with Gasteiger partial charge in [0.25, 0.3) is 0 Å². The van der Waals surface area contributed by atoms with Gasteiger partial charge in [-0.15, -0.1) is 0 Å². The number of aliphatic hydroxyl groups is 1. The van der Waals surface area contributed by atoms with Crippen molar-refractivity contribution in [1.82, 2.24) is 0 Å². The molecule has 0 aliphatic heterocycles. The quantitative estimate of drug-likeness (QED) is 0.885. The Morgan fingerprint density at radius 2 is 1.86 bits per heavy atom. The summed E-state index contributed by atoms with van der Waals surface area (Å²) >= 11 is 0. The van der Waals surface area contributed by atoms with Crippen molar-refractivity contribution < 1.29 is 19.4 Å². The van der Waals surface area contributed by atoms with Crippen molar-refractivity contribution in [3.8, 4) is 11.5 Å². The van der Waals surface area contributed by atoms with Crippen LogP contribution in [0.3, 0.4) is 0 Å². The van der Waals surface area contributed by atoms with Gasteiger partial charge in [0.05, 0.1) is 12.3 Å². The fourth-order valence-electron chi connectivity index (χ4n) is 1.68. The van der Waals surface area contributed by atoms with Crippen LogP contribution in [-0.4, -0.2) is 24.4 Å². The monoisotopic (exact) mass is 287 g/mol. The normalized spacial score (nSPS) is 10.0. The number of aryl methyl sites for hydroxylation is 1. The van der Waals surface area contributed by atoms with Crippen LogP contribution < -0.4 is 10.1 Å². The van der Waals surface area contributed by atoms with Gasteiger partial charge in [-0.25, -0.2) is 4.79 Å². The number of benzene rings is 2. The minimum atomic E-state index is -0.635. The molecule has 0 heterocycles. The summed E-state index contributed by atoms with van der Waals surface area (Å²) in [4.78, 5) is 11.5. The lowest BCUT2D eigenvalue weighted by Gasteiger charge is -2.12. The van der Waals surface area contributed by atoms with Crippen LogP contribution in [0, 0.1) is 6.92 Å². The first-order valence-electron chi connectivity index (χ1n) is 6.57. The van der Waals surface area contributed by atoms with E-state index in [1.807, 2.05) is 37.3 Å². The van der Waals surface area contributed by atoms with E-state index in [1.165, 1.54) is 0 Å². The van der Waals surface area contributed by atoms with E-state index >= 15 is 0 Å². The predicted octanol–water partition coefficient (Wildman–Crippen LogP) is 3.33. The number of nitrogens with one attached hydrogen (secondary N) is 1. The van der Waals surface area contributed by atoms with E-state index in [1.54, 1.807) is 18.2 Å². The summed E-state index contributed by atoms with van der Waals surface area (Å²) in [5, 5.41) is 11.2. The molecule has 1 amide bonds. The fourth-order valence-corrected chi connectivity index (χ4v) is 1.68. The molecule has 0 aliphatic carbocycles. The van der Waals surface area contributed by atoms with E-state index in [0.717, 1.165) is 5.56 Å². The molecule has 0 aliphatic rings. The van der Waals surface area contributed by atoms with Crippen molar-refractivity contribution in [3.63, 3.8) is 0 Å². The first-order valence-corrected chi connectivity index (χ1v) is 6.57. The first kappa shape index (κ1) is 14.9. The highest BCUT2D eigenvalue weighted by Crippen LogP contribution is 2.29. The molecule has 0 fully saturated rings. The van der Waals surface area contributed by atoms with Crippen LogP contribution in [0.4, 0.5) is 10.5 Å². The van der Waals surface area contributed by atoms with E-state index < -0.39 is 6.09 Å². The molecule has 0 saturated carbocycles. The maximum absolute atomic E-state index is 11.5. The standard InChI is InChI=1S/C16H17NO4/c1-12-6-8-13(9-7-12)21-15-5-3-2-4-14(15)17-16(19)20-11-10-18/h2-9,18H,10-11H2,1H3,(H,17,19). The molecule has 0 bridgehead atoms. The molecular weight excluding hydrogens is 270 g/mol. The third-order valence-electron chi connectivity index (χ3n) is 2.70. The molecule has 2 N–H and O–H groups in total. The minimum Gasteiger partial charge on any atom is -0.455 e. The fraction of sp³-hybridized carbons (Fsp3) is 0.188. The molecule has 2 aromatic carbocycles. The van der Waals surface area contributed by atoms with Gasteiger partial charge in [-0.05, 0) is 31.2 Å². The Bertz CT molecular complexity index is 595. The van der Waals surface area contributed by atoms with Crippen molar-refractivity contribution in [1.29, 1.82) is 0 Å². The number of aliphatic hydroxyl groups excluding tert-OH is 1. The van der Waals surface area contributed by atoms with E-state index in [4.69, 9.17) is 14.6 Å². The number of para-hydroxylation sites is 2. The minimum absolute atomic E-state index is 0.0488. The van der Waals surface area contributed by atoms with Gasteiger partial charge in [0.2, 0.25) is 0 Å². The van der Waals surface area contributed by atoms with Crippen LogP contribution in [0.15, 0.2) is 48.5 Å². The lowest BCUT2D eigenvalue weighted by atomic mass is 10.2. The van der Waals surface area contributed by atoms with Gasteiger partial charge in [0.1, 0.15) is 12.4 Å². The molecule has 2 aromatic rings. The number of amides is 1. The van der Waals surface area contributed by atoms with E-state index in [0.29, 0.717) is 17.2 Å². The number of hydrogen-bond acceptors (Lipinski definition) is 4. The molecule has 0 aromatic heterocycles. The summed E-state index contributed by atoms with van der Waals surface area (Å²) in [6.45, 7) is 1.73. The third kappa shape index (κ3) is 4.50. The Morgan fingerprint density at radius 1 is 1.14 bits per heavy atom. The van der Waals surface area contributed by atoms with Crippen LogP contribution in [0.2, 0.25) is 0 Å². The molecule has 0 radical (unpaired) electrons. The number of anilines is 1. The average Bonchev–Trinajstić information content (AvgIpc) is 2.49. The average molecular weight is 287 g/mol. The lowest BCUT2D eigenvalue weighted by molar-refractivity contribution is 0.131. The molecule has 5 heteroatoms. The second kappa shape index (κ2) is 7.31. The number of hydrogen-bond donors (Lipinski definition) is 2. The Kier molecular flexibility index (Phi) is 5.17. The van der Waals surface area contributed by atoms with Gasteiger partial charge in [-0.2, -0.15) is 0 Å². The second-order valence-electron chi connectivity index (χ2n) is 4.40.